The molecule has 114 valence electrons. The highest BCUT2D eigenvalue weighted by molar-refractivity contribution is 5.71. The number of methoxy groups -OCH3 is 2. The maximum absolute atomic E-state index is 11.6. The van der Waals surface area contributed by atoms with Gasteiger partial charge in [0.25, 0.3) is 0 Å². The van der Waals surface area contributed by atoms with Gasteiger partial charge < -0.3 is 9.47 Å². The number of hydrogen-bond acceptors (Lipinski definition) is 3. The summed E-state index contributed by atoms with van der Waals surface area (Å²) in [6.07, 6.45) is 4.37. The lowest BCUT2D eigenvalue weighted by Gasteiger charge is -2.13. The van der Waals surface area contributed by atoms with E-state index in [1.807, 2.05) is 66.7 Å². The molecule has 22 heavy (non-hydrogen) atoms. The SMILES string of the molecule is COC(=O)CC(/C=C/c1ccccc1)c1ccc(OC)cc1. The van der Waals surface area contributed by atoms with Crippen LogP contribution >= 0.6 is 0 Å². The molecular formula is C19H20O3. The monoisotopic (exact) mass is 296 g/mol. The molecule has 0 saturated heterocycles. The zero-order valence-electron chi connectivity index (χ0n) is 12.9. The Labute approximate surface area is 131 Å². The predicted molar refractivity (Wildman–Crippen MR) is 87.8 cm³/mol. The summed E-state index contributed by atoms with van der Waals surface area (Å²) in [7, 11) is 3.05. The zero-order valence-corrected chi connectivity index (χ0v) is 12.9. The van der Waals surface area contributed by atoms with Gasteiger partial charge in [-0.15, -0.1) is 0 Å². The van der Waals surface area contributed by atoms with E-state index < -0.39 is 0 Å². The minimum atomic E-state index is -0.224. The lowest BCUT2D eigenvalue weighted by atomic mass is 9.94. The van der Waals surface area contributed by atoms with Gasteiger partial charge in [-0.1, -0.05) is 54.6 Å². The van der Waals surface area contributed by atoms with Crippen molar-refractivity contribution in [3.05, 3.63) is 71.8 Å². The summed E-state index contributed by atoms with van der Waals surface area (Å²) in [6, 6.07) is 17.8. The molecule has 0 aliphatic rings. The fourth-order valence-corrected chi connectivity index (χ4v) is 2.20. The first-order valence-corrected chi connectivity index (χ1v) is 7.17. The number of allylic oxidation sites excluding steroid dienone is 1. The van der Waals surface area contributed by atoms with E-state index in [2.05, 4.69) is 0 Å². The Morgan fingerprint density at radius 3 is 2.32 bits per heavy atom. The molecular weight excluding hydrogens is 276 g/mol. The quantitative estimate of drug-likeness (QED) is 0.754. The third-order valence-corrected chi connectivity index (χ3v) is 3.48. The Hall–Kier alpha value is -2.55. The van der Waals surface area contributed by atoms with E-state index >= 15 is 0 Å². The first kappa shape index (κ1) is 15.8. The molecule has 2 rings (SSSR count). The highest BCUT2D eigenvalue weighted by Crippen LogP contribution is 2.25. The van der Waals surface area contributed by atoms with E-state index in [0.29, 0.717) is 6.42 Å². The molecule has 0 amide bonds. The smallest absolute Gasteiger partial charge is 0.306 e. The standard InChI is InChI=1S/C19H20O3/c1-21-18-12-10-16(11-13-18)17(14-19(20)22-2)9-8-15-6-4-3-5-7-15/h3-13,17H,14H2,1-2H3/b9-8+. The fraction of sp³-hybridized carbons (Fsp3) is 0.211. The van der Waals surface area contributed by atoms with Crippen molar-refractivity contribution in [3.63, 3.8) is 0 Å². The van der Waals surface area contributed by atoms with E-state index in [9.17, 15) is 4.79 Å². The van der Waals surface area contributed by atoms with Gasteiger partial charge in [0.15, 0.2) is 0 Å². The zero-order chi connectivity index (χ0) is 15.8. The van der Waals surface area contributed by atoms with Crippen LogP contribution in [0.2, 0.25) is 0 Å². The summed E-state index contributed by atoms with van der Waals surface area (Å²) in [5, 5.41) is 0. The molecule has 0 radical (unpaired) electrons. The second-order valence-corrected chi connectivity index (χ2v) is 4.93. The molecule has 0 aliphatic heterocycles. The second-order valence-electron chi connectivity index (χ2n) is 4.93. The Bertz CT molecular complexity index is 615. The van der Waals surface area contributed by atoms with Crippen molar-refractivity contribution in [3.8, 4) is 5.75 Å². The summed E-state index contributed by atoms with van der Waals surface area (Å²) in [5.41, 5.74) is 2.16. The van der Waals surface area contributed by atoms with Crippen LogP contribution in [0.25, 0.3) is 6.08 Å². The molecule has 0 aliphatic carbocycles. The normalized spacial score (nSPS) is 12.1. The van der Waals surface area contributed by atoms with Crippen LogP contribution in [0.4, 0.5) is 0 Å². The molecule has 1 atom stereocenters. The molecule has 0 bridgehead atoms. The molecule has 0 heterocycles. The summed E-state index contributed by atoms with van der Waals surface area (Å²) >= 11 is 0. The number of esters is 1. The minimum Gasteiger partial charge on any atom is -0.497 e. The lowest BCUT2D eigenvalue weighted by molar-refractivity contribution is -0.140. The average Bonchev–Trinajstić information content (AvgIpc) is 2.59. The fourth-order valence-electron chi connectivity index (χ4n) is 2.20. The van der Waals surface area contributed by atoms with Crippen LogP contribution in [0, 0.1) is 0 Å². The van der Waals surface area contributed by atoms with Crippen molar-refractivity contribution in [2.45, 2.75) is 12.3 Å². The first-order valence-electron chi connectivity index (χ1n) is 7.17. The van der Waals surface area contributed by atoms with E-state index in [1.54, 1.807) is 7.11 Å². The molecule has 0 N–H and O–H groups in total. The molecule has 0 fully saturated rings. The maximum atomic E-state index is 11.6. The van der Waals surface area contributed by atoms with Crippen LogP contribution < -0.4 is 4.74 Å². The van der Waals surface area contributed by atoms with Crippen molar-refractivity contribution in [1.82, 2.24) is 0 Å². The highest BCUT2D eigenvalue weighted by Gasteiger charge is 2.14. The lowest BCUT2D eigenvalue weighted by Crippen LogP contribution is -2.07. The van der Waals surface area contributed by atoms with Crippen LogP contribution in [0.3, 0.4) is 0 Å². The van der Waals surface area contributed by atoms with Crippen molar-refractivity contribution in [1.29, 1.82) is 0 Å². The molecule has 3 nitrogen and oxygen atoms in total. The predicted octanol–water partition coefficient (Wildman–Crippen LogP) is 4.06. The summed E-state index contributed by atoms with van der Waals surface area (Å²) in [6.45, 7) is 0. The molecule has 1 unspecified atom stereocenters. The number of ether oxygens (including phenoxy) is 2. The van der Waals surface area contributed by atoms with Crippen LogP contribution in [0.15, 0.2) is 60.7 Å². The second kappa shape index (κ2) is 8.03. The molecule has 3 heteroatoms. The van der Waals surface area contributed by atoms with Crippen molar-refractivity contribution >= 4 is 12.0 Å². The molecule has 2 aromatic carbocycles. The third-order valence-electron chi connectivity index (χ3n) is 3.48. The summed E-state index contributed by atoms with van der Waals surface area (Å²) in [5.74, 6) is 0.546. The van der Waals surface area contributed by atoms with Gasteiger partial charge in [-0.2, -0.15) is 0 Å². The number of rotatable bonds is 6. The van der Waals surface area contributed by atoms with Crippen LogP contribution in [-0.4, -0.2) is 20.2 Å². The van der Waals surface area contributed by atoms with Gasteiger partial charge in [0.1, 0.15) is 5.75 Å². The Balaban J connectivity index is 2.21. The Kier molecular flexibility index (Phi) is 5.78. The highest BCUT2D eigenvalue weighted by atomic mass is 16.5. The van der Waals surface area contributed by atoms with Gasteiger partial charge in [0, 0.05) is 5.92 Å². The van der Waals surface area contributed by atoms with Crippen molar-refractivity contribution < 1.29 is 14.3 Å². The largest absolute Gasteiger partial charge is 0.497 e. The number of carbonyl (C=O) groups excluding carboxylic acids is 1. The van der Waals surface area contributed by atoms with E-state index in [-0.39, 0.29) is 11.9 Å². The van der Waals surface area contributed by atoms with Gasteiger partial charge in [0.05, 0.1) is 20.6 Å². The Morgan fingerprint density at radius 1 is 1.05 bits per heavy atom. The summed E-state index contributed by atoms with van der Waals surface area (Å²) in [4.78, 5) is 11.6. The van der Waals surface area contributed by atoms with Gasteiger partial charge in [0.2, 0.25) is 0 Å². The van der Waals surface area contributed by atoms with Gasteiger partial charge >= 0.3 is 5.97 Å². The van der Waals surface area contributed by atoms with Gasteiger partial charge in [-0.05, 0) is 23.3 Å². The van der Waals surface area contributed by atoms with E-state index in [0.717, 1.165) is 16.9 Å². The first-order chi connectivity index (χ1) is 10.7. The summed E-state index contributed by atoms with van der Waals surface area (Å²) < 4.78 is 9.97. The van der Waals surface area contributed by atoms with Crippen molar-refractivity contribution in [2.24, 2.45) is 0 Å². The number of carbonyl (C=O) groups is 1. The Morgan fingerprint density at radius 2 is 1.73 bits per heavy atom. The number of benzene rings is 2. The molecule has 0 saturated carbocycles. The third kappa shape index (κ3) is 4.48. The minimum absolute atomic E-state index is 0.0291. The van der Waals surface area contributed by atoms with Crippen LogP contribution in [0.5, 0.6) is 5.75 Å². The van der Waals surface area contributed by atoms with Crippen LogP contribution in [-0.2, 0) is 9.53 Å². The molecule has 2 aromatic rings. The number of hydrogen-bond donors (Lipinski definition) is 0. The van der Waals surface area contributed by atoms with Crippen LogP contribution in [0.1, 0.15) is 23.5 Å². The van der Waals surface area contributed by atoms with Gasteiger partial charge in [-0.25, -0.2) is 0 Å². The van der Waals surface area contributed by atoms with E-state index in [4.69, 9.17) is 9.47 Å². The maximum Gasteiger partial charge on any atom is 0.306 e. The van der Waals surface area contributed by atoms with E-state index in [1.165, 1.54) is 7.11 Å². The topological polar surface area (TPSA) is 35.5 Å². The van der Waals surface area contributed by atoms with Gasteiger partial charge in [-0.3, -0.25) is 4.79 Å². The molecule has 0 spiro atoms. The molecule has 0 aromatic heterocycles. The average molecular weight is 296 g/mol. The van der Waals surface area contributed by atoms with Crippen molar-refractivity contribution in [2.75, 3.05) is 14.2 Å².